The first kappa shape index (κ1) is 16.4. The SMILES string of the molecule is CCNC(CCN1CCC(C)CC1C)c1ccc(F)cc1. The maximum atomic E-state index is 13.1. The number of piperidine rings is 1. The molecule has 1 aromatic rings. The lowest BCUT2D eigenvalue weighted by Crippen LogP contribution is -2.41. The Bertz CT molecular complexity index is 418. The van der Waals surface area contributed by atoms with Crippen LogP contribution in [0.3, 0.4) is 0 Å². The normalized spacial score (nSPS) is 25.0. The smallest absolute Gasteiger partial charge is 0.123 e. The molecule has 1 heterocycles. The minimum absolute atomic E-state index is 0.160. The highest BCUT2D eigenvalue weighted by atomic mass is 19.1. The number of nitrogens with one attached hydrogen (secondary N) is 1. The van der Waals surface area contributed by atoms with E-state index >= 15 is 0 Å². The summed E-state index contributed by atoms with van der Waals surface area (Å²) >= 11 is 0. The highest BCUT2D eigenvalue weighted by Gasteiger charge is 2.23. The highest BCUT2D eigenvalue weighted by Crippen LogP contribution is 2.24. The number of halogens is 1. The van der Waals surface area contributed by atoms with E-state index in [1.54, 1.807) is 12.1 Å². The highest BCUT2D eigenvalue weighted by molar-refractivity contribution is 5.20. The van der Waals surface area contributed by atoms with E-state index in [0.717, 1.165) is 25.4 Å². The van der Waals surface area contributed by atoms with Crippen molar-refractivity contribution in [3.05, 3.63) is 35.6 Å². The van der Waals surface area contributed by atoms with Crippen LogP contribution in [0.2, 0.25) is 0 Å². The number of hydrogen-bond acceptors (Lipinski definition) is 2. The Morgan fingerprint density at radius 2 is 2.00 bits per heavy atom. The van der Waals surface area contributed by atoms with Gasteiger partial charge in [-0.2, -0.15) is 0 Å². The zero-order chi connectivity index (χ0) is 15.2. The first-order valence-corrected chi connectivity index (χ1v) is 8.33. The summed E-state index contributed by atoms with van der Waals surface area (Å²) < 4.78 is 13.1. The first-order valence-electron chi connectivity index (χ1n) is 8.33. The lowest BCUT2D eigenvalue weighted by Gasteiger charge is -2.37. The molecule has 0 radical (unpaired) electrons. The molecule has 0 spiro atoms. The van der Waals surface area contributed by atoms with E-state index in [0.29, 0.717) is 12.1 Å². The summed E-state index contributed by atoms with van der Waals surface area (Å²) in [6.45, 7) is 10.1. The third kappa shape index (κ3) is 4.79. The maximum Gasteiger partial charge on any atom is 0.123 e. The predicted octanol–water partition coefficient (Wildman–Crippen LogP) is 3.99. The minimum atomic E-state index is -0.160. The van der Waals surface area contributed by atoms with E-state index < -0.39 is 0 Å². The second-order valence-electron chi connectivity index (χ2n) is 6.47. The van der Waals surface area contributed by atoms with Gasteiger partial charge in [0.2, 0.25) is 0 Å². The average molecular weight is 292 g/mol. The fourth-order valence-electron chi connectivity index (χ4n) is 3.41. The zero-order valence-corrected chi connectivity index (χ0v) is 13.6. The van der Waals surface area contributed by atoms with E-state index in [1.807, 2.05) is 12.1 Å². The van der Waals surface area contributed by atoms with Crippen molar-refractivity contribution in [1.82, 2.24) is 10.2 Å². The summed E-state index contributed by atoms with van der Waals surface area (Å²) in [6, 6.07) is 7.94. The lowest BCUT2D eigenvalue weighted by molar-refractivity contribution is 0.124. The molecule has 1 aromatic carbocycles. The number of nitrogens with zero attached hydrogens (tertiary/aromatic N) is 1. The molecule has 1 aliphatic rings. The van der Waals surface area contributed by atoms with Gasteiger partial charge >= 0.3 is 0 Å². The van der Waals surface area contributed by atoms with Gasteiger partial charge in [-0.15, -0.1) is 0 Å². The Kier molecular flexibility index (Phi) is 6.19. The molecule has 0 saturated carbocycles. The Morgan fingerprint density at radius 3 is 2.62 bits per heavy atom. The fraction of sp³-hybridized carbons (Fsp3) is 0.667. The summed E-state index contributed by atoms with van der Waals surface area (Å²) in [4.78, 5) is 2.61. The molecular weight excluding hydrogens is 263 g/mol. The summed E-state index contributed by atoms with van der Waals surface area (Å²) in [7, 11) is 0. The van der Waals surface area contributed by atoms with Gasteiger partial charge in [0.05, 0.1) is 0 Å². The second kappa shape index (κ2) is 7.90. The van der Waals surface area contributed by atoms with Crippen LogP contribution in [0.5, 0.6) is 0 Å². The number of likely N-dealkylation sites (tertiary alicyclic amines) is 1. The topological polar surface area (TPSA) is 15.3 Å². The molecule has 2 rings (SSSR count). The molecule has 1 N–H and O–H groups in total. The molecule has 1 fully saturated rings. The lowest BCUT2D eigenvalue weighted by atomic mass is 9.93. The van der Waals surface area contributed by atoms with Gasteiger partial charge in [-0.25, -0.2) is 4.39 Å². The van der Waals surface area contributed by atoms with Crippen LogP contribution in [0, 0.1) is 11.7 Å². The predicted molar refractivity (Wildman–Crippen MR) is 86.9 cm³/mol. The molecule has 3 heteroatoms. The van der Waals surface area contributed by atoms with Gasteiger partial charge in [-0.05, 0) is 62.9 Å². The van der Waals surface area contributed by atoms with Gasteiger partial charge in [0.25, 0.3) is 0 Å². The van der Waals surface area contributed by atoms with Gasteiger partial charge in [-0.3, -0.25) is 0 Å². The van der Waals surface area contributed by atoms with Crippen molar-refractivity contribution in [3.63, 3.8) is 0 Å². The Balaban J connectivity index is 1.92. The van der Waals surface area contributed by atoms with E-state index in [2.05, 4.69) is 31.0 Å². The molecule has 3 atom stereocenters. The van der Waals surface area contributed by atoms with E-state index in [4.69, 9.17) is 0 Å². The van der Waals surface area contributed by atoms with Crippen LogP contribution < -0.4 is 5.32 Å². The second-order valence-corrected chi connectivity index (χ2v) is 6.47. The fourth-order valence-corrected chi connectivity index (χ4v) is 3.41. The number of rotatable bonds is 6. The number of hydrogen-bond donors (Lipinski definition) is 1. The average Bonchev–Trinajstić information content (AvgIpc) is 2.46. The summed E-state index contributed by atoms with van der Waals surface area (Å²) in [5, 5.41) is 3.53. The van der Waals surface area contributed by atoms with Gasteiger partial charge in [0.1, 0.15) is 5.82 Å². The van der Waals surface area contributed by atoms with Crippen LogP contribution in [-0.4, -0.2) is 30.6 Å². The van der Waals surface area contributed by atoms with Crippen LogP contribution in [0.15, 0.2) is 24.3 Å². The quantitative estimate of drug-likeness (QED) is 0.853. The van der Waals surface area contributed by atoms with Gasteiger partial charge in [0.15, 0.2) is 0 Å². The van der Waals surface area contributed by atoms with Crippen LogP contribution in [0.4, 0.5) is 4.39 Å². The van der Waals surface area contributed by atoms with E-state index in [1.165, 1.54) is 24.9 Å². The van der Waals surface area contributed by atoms with Crippen LogP contribution in [-0.2, 0) is 0 Å². The van der Waals surface area contributed by atoms with Crippen LogP contribution >= 0.6 is 0 Å². The largest absolute Gasteiger partial charge is 0.310 e. The molecule has 118 valence electrons. The molecule has 0 amide bonds. The third-order valence-corrected chi connectivity index (χ3v) is 4.70. The van der Waals surface area contributed by atoms with Gasteiger partial charge in [-0.1, -0.05) is 26.0 Å². The van der Waals surface area contributed by atoms with Crippen LogP contribution in [0.1, 0.15) is 51.6 Å². The summed E-state index contributed by atoms with van der Waals surface area (Å²) in [5.74, 6) is 0.700. The van der Waals surface area contributed by atoms with E-state index in [9.17, 15) is 4.39 Å². The molecule has 0 bridgehead atoms. The molecule has 1 saturated heterocycles. The van der Waals surface area contributed by atoms with Gasteiger partial charge in [0, 0.05) is 18.6 Å². The van der Waals surface area contributed by atoms with Crippen molar-refractivity contribution in [2.24, 2.45) is 5.92 Å². The summed E-state index contributed by atoms with van der Waals surface area (Å²) in [6.07, 6.45) is 3.70. The monoisotopic (exact) mass is 292 g/mol. The van der Waals surface area contributed by atoms with Gasteiger partial charge < -0.3 is 10.2 Å². The molecule has 0 aromatic heterocycles. The van der Waals surface area contributed by atoms with Crippen molar-refractivity contribution in [1.29, 1.82) is 0 Å². The molecule has 3 unspecified atom stereocenters. The van der Waals surface area contributed by atoms with Crippen molar-refractivity contribution in [2.75, 3.05) is 19.6 Å². The van der Waals surface area contributed by atoms with Crippen molar-refractivity contribution >= 4 is 0 Å². The first-order chi connectivity index (χ1) is 10.1. The minimum Gasteiger partial charge on any atom is -0.310 e. The van der Waals surface area contributed by atoms with Crippen LogP contribution in [0.25, 0.3) is 0 Å². The molecule has 1 aliphatic heterocycles. The van der Waals surface area contributed by atoms with Crippen molar-refractivity contribution < 1.29 is 4.39 Å². The molecule has 2 nitrogen and oxygen atoms in total. The Hall–Kier alpha value is -0.930. The molecule has 0 aliphatic carbocycles. The Morgan fingerprint density at radius 1 is 1.29 bits per heavy atom. The standard InChI is InChI=1S/C18H29FN2/c1-4-20-18(16-5-7-17(19)8-6-16)10-12-21-11-9-14(2)13-15(21)3/h5-8,14-15,18,20H,4,9-13H2,1-3H3. The van der Waals surface area contributed by atoms with Crippen molar-refractivity contribution in [3.8, 4) is 0 Å². The van der Waals surface area contributed by atoms with E-state index in [-0.39, 0.29) is 5.82 Å². The Labute approximate surface area is 128 Å². The molecule has 21 heavy (non-hydrogen) atoms. The third-order valence-electron chi connectivity index (χ3n) is 4.70. The maximum absolute atomic E-state index is 13.1. The number of benzene rings is 1. The van der Waals surface area contributed by atoms with Crippen molar-refractivity contribution in [2.45, 2.75) is 52.1 Å². The zero-order valence-electron chi connectivity index (χ0n) is 13.6. The molecular formula is C18H29FN2. The summed E-state index contributed by atoms with van der Waals surface area (Å²) in [5.41, 5.74) is 1.19.